The molecule has 5 heteroatoms. The fourth-order valence-electron chi connectivity index (χ4n) is 0.554. The van der Waals surface area contributed by atoms with E-state index in [1.165, 1.54) is 0 Å². The zero-order chi connectivity index (χ0) is 10.6. The van der Waals surface area contributed by atoms with Crippen LogP contribution in [0.4, 0.5) is 4.79 Å². The Hall–Kier alpha value is -0.840. The number of carbonyl (C=O) groups is 1. The number of hydrogen-bond donors (Lipinski definition) is 2. The van der Waals surface area contributed by atoms with Crippen molar-refractivity contribution in [2.45, 2.75) is 39.3 Å². The molecule has 0 aliphatic carbocycles. The average Bonchev–Trinajstić information content (AvgIpc) is 1.81. The molecule has 0 saturated carbocycles. The minimum atomic E-state index is -0.530. The molecule has 13 heavy (non-hydrogen) atoms. The lowest BCUT2D eigenvalue weighted by Crippen LogP contribution is -2.43. The van der Waals surface area contributed by atoms with Crippen LogP contribution in [-0.4, -0.2) is 22.7 Å². The SMILES string of the molecule is C[C@@H](OC(=O)NC(C)(C)C)C(N)=S. The topological polar surface area (TPSA) is 64.3 Å². The summed E-state index contributed by atoms with van der Waals surface area (Å²) in [4.78, 5) is 11.3. The zero-order valence-corrected chi connectivity index (χ0v) is 9.20. The van der Waals surface area contributed by atoms with E-state index >= 15 is 0 Å². The monoisotopic (exact) mass is 204 g/mol. The van der Waals surface area contributed by atoms with Crippen molar-refractivity contribution in [2.24, 2.45) is 5.73 Å². The molecule has 0 saturated heterocycles. The normalized spacial score (nSPS) is 13.2. The predicted molar refractivity (Wildman–Crippen MR) is 55.6 cm³/mol. The Kier molecular flexibility index (Phi) is 4.13. The first-order valence-corrected chi connectivity index (χ1v) is 4.41. The van der Waals surface area contributed by atoms with Gasteiger partial charge in [-0.3, -0.25) is 0 Å². The molecule has 0 fully saturated rings. The fourth-order valence-corrected chi connectivity index (χ4v) is 0.602. The van der Waals surface area contributed by atoms with Crippen molar-refractivity contribution < 1.29 is 9.53 Å². The maximum atomic E-state index is 11.1. The number of nitrogens with one attached hydrogen (secondary N) is 1. The van der Waals surface area contributed by atoms with Crippen LogP contribution in [0.1, 0.15) is 27.7 Å². The Morgan fingerprint density at radius 1 is 1.54 bits per heavy atom. The second-order valence-corrected chi connectivity index (χ2v) is 4.30. The van der Waals surface area contributed by atoms with Crippen molar-refractivity contribution in [1.82, 2.24) is 5.32 Å². The van der Waals surface area contributed by atoms with Gasteiger partial charge in [-0.2, -0.15) is 0 Å². The maximum Gasteiger partial charge on any atom is 0.408 e. The summed E-state index contributed by atoms with van der Waals surface area (Å²) in [7, 11) is 0. The molecule has 0 spiro atoms. The molecule has 0 heterocycles. The van der Waals surface area contributed by atoms with E-state index in [0.29, 0.717) is 0 Å². The van der Waals surface area contributed by atoms with Crippen molar-refractivity contribution in [3.63, 3.8) is 0 Å². The Morgan fingerprint density at radius 2 is 2.00 bits per heavy atom. The van der Waals surface area contributed by atoms with E-state index in [2.05, 4.69) is 17.5 Å². The van der Waals surface area contributed by atoms with E-state index in [0.717, 1.165) is 0 Å². The third-order valence-corrected chi connectivity index (χ3v) is 1.49. The Morgan fingerprint density at radius 3 is 2.31 bits per heavy atom. The first-order valence-electron chi connectivity index (χ1n) is 4.00. The van der Waals surface area contributed by atoms with Crippen molar-refractivity contribution in [3.8, 4) is 0 Å². The Labute approximate surface area is 83.8 Å². The quantitative estimate of drug-likeness (QED) is 0.663. The van der Waals surface area contributed by atoms with Crippen LogP contribution in [0.3, 0.4) is 0 Å². The molecule has 1 amide bonds. The summed E-state index contributed by atoms with van der Waals surface area (Å²) < 4.78 is 4.87. The van der Waals surface area contributed by atoms with Gasteiger partial charge in [0.25, 0.3) is 0 Å². The van der Waals surface area contributed by atoms with E-state index in [-0.39, 0.29) is 10.5 Å². The first kappa shape index (κ1) is 12.2. The maximum absolute atomic E-state index is 11.1. The molecule has 0 aliphatic heterocycles. The highest BCUT2D eigenvalue weighted by molar-refractivity contribution is 7.80. The highest BCUT2D eigenvalue weighted by Crippen LogP contribution is 2.00. The lowest BCUT2D eigenvalue weighted by molar-refractivity contribution is 0.126. The molecule has 0 aromatic heterocycles. The minimum Gasteiger partial charge on any atom is -0.439 e. The van der Waals surface area contributed by atoms with Gasteiger partial charge in [0.15, 0.2) is 6.10 Å². The molecule has 0 unspecified atom stereocenters. The molecular weight excluding hydrogens is 188 g/mol. The zero-order valence-electron chi connectivity index (χ0n) is 8.38. The van der Waals surface area contributed by atoms with E-state index in [9.17, 15) is 4.79 Å². The number of carbonyl (C=O) groups excluding carboxylic acids is 1. The minimum absolute atomic E-state index is 0.170. The molecule has 3 N–H and O–H groups in total. The number of thiocarbonyl (C=S) groups is 1. The van der Waals surface area contributed by atoms with Crippen LogP contribution in [0.2, 0.25) is 0 Å². The summed E-state index contributed by atoms with van der Waals surface area (Å²) >= 11 is 4.65. The van der Waals surface area contributed by atoms with Gasteiger partial charge in [-0.25, -0.2) is 4.79 Å². The van der Waals surface area contributed by atoms with Gasteiger partial charge in [0, 0.05) is 5.54 Å². The summed E-state index contributed by atoms with van der Waals surface area (Å²) in [5.41, 5.74) is 4.96. The molecule has 4 nitrogen and oxygen atoms in total. The van der Waals surface area contributed by atoms with Gasteiger partial charge in [0.2, 0.25) is 0 Å². The van der Waals surface area contributed by atoms with Crippen LogP contribution >= 0.6 is 12.2 Å². The van der Waals surface area contributed by atoms with Gasteiger partial charge in [0.05, 0.1) is 0 Å². The summed E-state index contributed by atoms with van der Waals surface area (Å²) in [5, 5.41) is 2.63. The summed E-state index contributed by atoms with van der Waals surface area (Å²) in [6.07, 6.45) is -1.04. The molecule has 1 atom stereocenters. The number of nitrogens with two attached hydrogens (primary N) is 1. The second kappa shape index (κ2) is 4.41. The second-order valence-electron chi connectivity index (χ2n) is 3.82. The van der Waals surface area contributed by atoms with Crippen LogP contribution in [-0.2, 0) is 4.74 Å². The van der Waals surface area contributed by atoms with E-state index in [1.54, 1.807) is 6.92 Å². The lowest BCUT2D eigenvalue weighted by atomic mass is 10.1. The highest BCUT2D eigenvalue weighted by atomic mass is 32.1. The highest BCUT2D eigenvalue weighted by Gasteiger charge is 2.17. The number of amides is 1. The number of alkyl carbamates (subject to hydrolysis) is 1. The fraction of sp³-hybridized carbons (Fsp3) is 0.750. The first-order chi connectivity index (χ1) is 5.72. The number of hydrogen-bond acceptors (Lipinski definition) is 3. The lowest BCUT2D eigenvalue weighted by Gasteiger charge is -2.21. The molecule has 0 radical (unpaired) electrons. The summed E-state index contributed by atoms with van der Waals surface area (Å²) in [6, 6.07) is 0. The van der Waals surface area contributed by atoms with Gasteiger partial charge in [-0.1, -0.05) is 12.2 Å². The van der Waals surface area contributed by atoms with Crippen LogP contribution in [0.5, 0.6) is 0 Å². The molecule has 0 aliphatic rings. The predicted octanol–water partition coefficient (Wildman–Crippen LogP) is 1.19. The van der Waals surface area contributed by atoms with Crippen molar-refractivity contribution in [1.29, 1.82) is 0 Å². The van der Waals surface area contributed by atoms with Crippen LogP contribution in [0.15, 0.2) is 0 Å². The van der Waals surface area contributed by atoms with Gasteiger partial charge in [0.1, 0.15) is 4.99 Å². The summed E-state index contributed by atoms with van der Waals surface area (Å²) in [6.45, 7) is 7.21. The van der Waals surface area contributed by atoms with Crippen molar-refractivity contribution in [3.05, 3.63) is 0 Å². The van der Waals surface area contributed by atoms with Crippen molar-refractivity contribution in [2.75, 3.05) is 0 Å². The van der Waals surface area contributed by atoms with E-state index in [4.69, 9.17) is 10.5 Å². The van der Waals surface area contributed by atoms with E-state index in [1.807, 2.05) is 20.8 Å². The smallest absolute Gasteiger partial charge is 0.408 e. The molecule has 76 valence electrons. The van der Waals surface area contributed by atoms with Crippen LogP contribution in [0.25, 0.3) is 0 Å². The summed E-state index contributed by atoms with van der Waals surface area (Å²) in [5.74, 6) is 0. The van der Waals surface area contributed by atoms with Gasteiger partial charge < -0.3 is 15.8 Å². The largest absolute Gasteiger partial charge is 0.439 e. The standard InChI is InChI=1S/C8H16N2O2S/c1-5(6(9)13)12-7(11)10-8(2,3)4/h5H,1-4H3,(H2,9,13)(H,10,11)/t5-/m1/s1. The van der Waals surface area contributed by atoms with E-state index < -0.39 is 12.2 Å². The van der Waals surface area contributed by atoms with Gasteiger partial charge in [-0.05, 0) is 27.7 Å². The average molecular weight is 204 g/mol. The van der Waals surface area contributed by atoms with Crippen LogP contribution in [0, 0.1) is 0 Å². The Bertz CT molecular complexity index is 211. The third-order valence-electron chi connectivity index (χ3n) is 1.16. The Balaban J connectivity index is 3.96. The molecule has 0 rings (SSSR count). The molecule has 0 aromatic rings. The van der Waals surface area contributed by atoms with Gasteiger partial charge >= 0.3 is 6.09 Å². The van der Waals surface area contributed by atoms with Crippen LogP contribution < -0.4 is 11.1 Å². The third kappa shape index (κ3) is 6.33. The number of ether oxygens (including phenoxy) is 1. The number of rotatable bonds is 2. The molecule has 0 bridgehead atoms. The van der Waals surface area contributed by atoms with Crippen molar-refractivity contribution >= 4 is 23.3 Å². The molecular formula is C8H16N2O2S. The molecule has 0 aromatic carbocycles. The van der Waals surface area contributed by atoms with Gasteiger partial charge in [-0.15, -0.1) is 0 Å².